The van der Waals surface area contributed by atoms with Crippen molar-refractivity contribution in [1.82, 2.24) is 0 Å². The van der Waals surface area contributed by atoms with E-state index in [9.17, 15) is 9.59 Å². The molecule has 0 aromatic heterocycles. The van der Waals surface area contributed by atoms with Gasteiger partial charge in [-0.05, 0) is 12.8 Å². The van der Waals surface area contributed by atoms with Crippen molar-refractivity contribution in [3.8, 4) is 0 Å². The normalized spacial score (nSPS) is 22.2. The molecule has 1 aliphatic carbocycles. The van der Waals surface area contributed by atoms with Crippen molar-refractivity contribution in [2.75, 3.05) is 0 Å². The number of carbonyl (C=O) groups is 1. The van der Waals surface area contributed by atoms with Crippen molar-refractivity contribution in [2.45, 2.75) is 19.3 Å². The Kier molecular flexibility index (Phi) is 1.27. The first kappa shape index (κ1) is 6.26. The van der Waals surface area contributed by atoms with Crippen LogP contribution in [0.25, 0.3) is 0 Å². The lowest BCUT2D eigenvalue weighted by Crippen LogP contribution is -2.39. The van der Waals surface area contributed by atoms with Gasteiger partial charge in [-0.15, -0.1) is 0 Å². The highest BCUT2D eigenvalue weighted by atomic mass is 16.4. The summed E-state index contributed by atoms with van der Waals surface area (Å²) in [6.07, 6.45) is 3.33. The van der Waals surface area contributed by atoms with E-state index in [2.05, 4.69) is 0 Å². The van der Waals surface area contributed by atoms with Crippen molar-refractivity contribution in [1.29, 1.82) is 0 Å². The van der Waals surface area contributed by atoms with Gasteiger partial charge < -0.3 is 5.11 Å². The second kappa shape index (κ2) is 1.83. The molecule has 1 fully saturated rings. The molecule has 3 heteroatoms. The lowest BCUT2D eigenvalue weighted by atomic mass is 9.70. The Bertz CT molecular complexity index is 146. The van der Waals surface area contributed by atoms with Gasteiger partial charge in [-0.3, -0.25) is 9.59 Å². The van der Waals surface area contributed by atoms with Crippen molar-refractivity contribution >= 4 is 12.3 Å². The molecule has 1 rings (SSSR count). The topological polar surface area (TPSA) is 54.4 Å². The van der Waals surface area contributed by atoms with E-state index in [1.807, 2.05) is 0 Å². The van der Waals surface area contributed by atoms with Gasteiger partial charge >= 0.3 is 5.97 Å². The molecule has 3 nitrogen and oxygen atoms in total. The second-order valence-corrected chi connectivity index (χ2v) is 2.34. The fourth-order valence-electron chi connectivity index (χ4n) is 0.890. The zero-order chi connectivity index (χ0) is 6.91. The summed E-state index contributed by atoms with van der Waals surface area (Å²) >= 11 is 0. The van der Waals surface area contributed by atoms with Crippen LogP contribution in [0.4, 0.5) is 0 Å². The maximum atomic E-state index is 10.3. The van der Waals surface area contributed by atoms with Gasteiger partial charge in [0.25, 0.3) is 0 Å². The van der Waals surface area contributed by atoms with Gasteiger partial charge in [0.1, 0.15) is 5.41 Å². The van der Waals surface area contributed by atoms with E-state index in [-0.39, 0.29) is 0 Å². The minimum atomic E-state index is -1.12. The molecular formula is C6H7O3. The van der Waals surface area contributed by atoms with E-state index < -0.39 is 11.4 Å². The number of hydrogen-bond donors (Lipinski definition) is 1. The fraction of sp³-hybridized carbons (Fsp3) is 0.667. The molecule has 0 aliphatic heterocycles. The van der Waals surface area contributed by atoms with Gasteiger partial charge in [-0.1, -0.05) is 6.42 Å². The maximum Gasteiger partial charge on any atom is 0.317 e. The van der Waals surface area contributed by atoms with Gasteiger partial charge in [-0.25, -0.2) is 0 Å². The molecule has 9 heavy (non-hydrogen) atoms. The smallest absolute Gasteiger partial charge is 0.317 e. The van der Waals surface area contributed by atoms with Crippen LogP contribution in [0.5, 0.6) is 0 Å². The summed E-state index contributed by atoms with van der Waals surface area (Å²) in [7, 11) is 0. The lowest BCUT2D eigenvalue weighted by Gasteiger charge is -2.30. The first-order valence-corrected chi connectivity index (χ1v) is 2.84. The Morgan fingerprint density at radius 2 is 2.11 bits per heavy atom. The predicted octanol–water partition coefficient (Wildman–Crippen LogP) is 0.351. The largest absolute Gasteiger partial charge is 0.480 e. The minimum Gasteiger partial charge on any atom is -0.480 e. The Morgan fingerprint density at radius 1 is 1.56 bits per heavy atom. The van der Waals surface area contributed by atoms with Crippen LogP contribution in [-0.4, -0.2) is 17.4 Å². The molecule has 0 heterocycles. The summed E-state index contributed by atoms with van der Waals surface area (Å²) < 4.78 is 0. The number of carboxylic acids is 1. The summed E-state index contributed by atoms with van der Waals surface area (Å²) in [5.74, 6) is -1.02. The Morgan fingerprint density at radius 3 is 2.11 bits per heavy atom. The molecule has 1 aliphatic rings. The van der Waals surface area contributed by atoms with Gasteiger partial charge in [0.05, 0.1) is 0 Å². The molecule has 0 aromatic carbocycles. The summed E-state index contributed by atoms with van der Waals surface area (Å²) in [5.41, 5.74) is -1.12. The zero-order valence-corrected chi connectivity index (χ0v) is 4.89. The van der Waals surface area contributed by atoms with Crippen LogP contribution >= 0.6 is 0 Å². The Hall–Kier alpha value is -0.860. The van der Waals surface area contributed by atoms with Crippen LogP contribution in [0.2, 0.25) is 0 Å². The maximum absolute atomic E-state index is 10.3. The van der Waals surface area contributed by atoms with Crippen molar-refractivity contribution in [3.63, 3.8) is 0 Å². The van der Waals surface area contributed by atoms with Gasteiger partial charge in [-0.2, -0.15) is 0 Å². The van der Waals surface area contributed by atoms with Crippen LogP contribution in [0, 0.1) is 5.41 Å². The van der Waals surface area contributed by atoms with Crippen molar-refractivity contribution in [2.24, 2.45) is 5.41 Å². The number of carbonyl (C=O) groups excluding carboxylic acids is 1. The first-order valence-electron chi connectivity index (χ1n) is 2.84. The van der Waals surface area contributed by atoms with Gasteiger partial charge in [0.15, 0.2) is 0 Å². The van der Waals surface area contributed by atoms with Crippen LogP contribution in [0.1, 0.15) is 19.3 Å². The molecule has 0 amide bonds. The van der Waals surface area contributed by atoms with E-state index in [0.717, 1.165) is 6.42 Å². The summed E-state index contributed by atoms with van der Waals surface area (Å²) in [5, 5.41) is 8.42. The van der Waals surface area contributed by atoms with E-state index in [1.165, 1.54) is 0 Å². The number of hydrogen-bond acceptors (Lipinski definition) is 2. The number of carboxylic acid groups (broad SMARTS) is 1. The lowest BCUT2D eigenvalue weighted by molar-refractivity contribution is -0.148. The molecule has 1 saturated carbocycles. The van der Waals surface area contributed by atoms with Gasteiger partial charge in [0.2, 0.25) is 6.29 Å². The highest BCUT2D eigenvalue weighted by Gasteiger charge is 2.45. The number of rotatable bonds is 2. The monoisotopic (exact) mass is 127 g/mol. The Labute approximate surface area is 52.7 Å². The van der Waals surface area contributed by atoms with Crippen LogP contribution in [-0.2, 0) is 9.59 Å². The third-order valence-electron chi connectivity index (χ3n) is 1.81. The fourth-order valence-corrected chi connectivity index (χ4v) is 0.890. The molecule has 0 atom stereocenters. The van der Waals surface area contributed by atoms with Crippen LogP contribution in [0.15, 0.2) is 0 Å². The van der Waals surface area contributed by atoms with Gasteiger partial charge in [0, 0.05) is 0 Å². The quantitative estimate of drug-likeness (QED) is 0.544. The number of aliphatic carboxylic acids is 1. The average Bonchev–Trinajstić information content (AvgIpc) is 1.62. The summed E-state index contributed by atoms with van der Waals surface area (Å²) in [6, 6.07) is 0. The Balaban J connectivity index is 2.68. The molecule has 1 N–H and O–H groups in total. The molecule has 0 bridgehead atoms. The average molecular weight is 127 g/mol. The SMILES string of the molecule is O=[C]C1(C(=O)O)CCC1. The van der Waals surface area contributed by atoms with Crippen molar-refractivity contribution < 1.29 is 14.7 Å². The standard InChI is InChI=1S/C6H7O3/c7-4-6(5(8)9)2-1-3-6/h1-3H2,(H,8,9). The molecule has 49 valence electrons. The van der Waals surface area contributed by atoms with E-state index in [4.69, 9.17) is 5.11 Å². The third kappa shape index (κ3) is 0.724. The minimum absolute atomic E-state index is 0.464. The van der Waals surface area contributed by atoms with E-state index >= 15 is 0 Å². The van der Waals surface area contributed by atoms with Crippen LogP contribution < -0.4 is 0 Å². The highest BCUT2D eigenvalue weighted by molar-refractivity contribution is 5.93. The molecular weight excluding hydrogens is 120 g/mol. The molecule has 0 unspecified atom stereocenters. The van der Waals surface area contributed by atoms with E-state index in [1.54, 1.807) is 6.29 Å². The third-order valence-corrected chi connectivity index (χ3v) is 1.81. The zero-order valence-electron chi connectivity index (χ0n) is 4.89. The molecule has 0 saturated heterocycles. The summed E-state index contributed by atoms with van der Waals surface area (Å²) in [6.45, 7) is 0. The van der Waals surface area contributed by atoms with Crippen LogP contribution in [0.3, 0.4) is 0 Å². The van der Waals surface area contributed by atoms with Crippen molar-refractivity contribution in [3.05, 3.63) is 0 Å². The highest BCUT2D eigenvalue weighted by Crippen LogP contribution is 2.38. The second-order valence-electron chi connectivity index (χ2n) is 2.34. The first-order chi connectivity index (χ1) is 4.21. The molecule has 1 radical (unpaired) electrons. The molecule has 0 aromatic rings. The van der Waals surface area contributed by atoms with E-state index in [0.29, 0.717) is 12.8 Å². The summed E-state index contributed by atoms with van der Waals surface area (Å²) in [4.78, 5) is 20.3. The molecule has 0 spiro atoms. The predicted molar refractivity (Wildman–Crippen MR) is 29.6 cm³/mol.